The fraction of sp³-hybridized carbons (Fsp3) is 0.353. The lowest BCUT2D eigenvalue weighted by molar-refractivity contribution is 0.371. The molecular weight excluding hydrogens is 340 g/mol. The molecule has 0 aliphatic carbocycles. The number of hydrogen-bond acceptors (Lipinski definition) is 6. The van der Waals surface area contributed by atoms with Gasteiger partial charge in [0.25, 0.3) is 0 Å². The molecule has 0 fully saturated rings. The van der Waals surface area contributed by atoms with Crippen LogP contribution in [0.3, 0.4) is 0 Å². The normalized spacial score (nSPS) is 12.1. The second kappa shape index (κ2) is 7.28. The lowest BCUT2D eigenvalue weighted by Gasteiger charge is -2.08. The van der Waals surface area contributed by atoms with Crippen LogP contribution in [0, 0.1) is 0 Å². The summed E-state index contributed by atoms with van der Waals surface area (Å²) in [6.45, 7) is 4.14. The van der Waals surface area contributed by atoms with Gasteiger partial charge in [-0.15, -0.1) is 0 Å². The van der Waals surface area contributed by atoms with E-state index in [4.69, 9.17) is 4.52 Å². The van der Waals surface area contributed by atoms with Gasteiger partial charge >= 0.3 is 0 Å². The van der Waals surface area contributed by atoms with Gasteiger partial charge < -0.3 is 4.52 Å². The zero-order valence-corrected chi connectivity index (χ0v) is 15.0. The number of sulfonamides is 1. The Hall–Kier alpha value is -2.32. The molecule has 0 spiro atoms. The van der Waals surface area contributed by atoms with E-state index >= 15 is 0 Å². The highest BCUT2D eigenvalue weighted by atomic mass is 32.2. The third-order valence-electron chi connectivity index (χ3n) is 3.72. The number of rotatable bonds is 7. The molecule has 2 heterocycles. The number of pyridine rings is 1. The highest BCUT2D eigenvalue weighted by molar-refractivity contribution is 7.88. The van der Waals surface area contributed by atoms with E-state index < -0.39 is 10.0 Å². The molecule has 2 aromatic heterocycles. The summed E-state index contributed by atoms with van der Waals surface area (Å²) in [7, 11) is -3.49. The molecule has 0 amide bonds. The van der Waals surface area contributed by atoms with Gasteiger partial charge in [-0.25, -0.2) is 13.1 Å². The number of fused-ring (bicyclic) bond motifs is 1. The second-order valence-corrected chi connectivity index (χ2v) is 7.90. The third kappa shape index (κ3) is 4.40. The van der Waals surface area contributed by atoms with E-state index in [9.17, 15) is 8.42 Å². The van der Waals surface area contributed by atoms with E-state index in [1.165, 1.54) is 0 Å². The fourth-order valence-corrected chi connectivity index (χ4v) is 3.61. The smallest absolute Gasteiger partial charge is 0.227 e. The summed E-state index contributed by atoms with van der Waals surface area (Å²) in [5, 5.41) is 4.78. The minimum absolute atomic E-state index is 0.123. The minimum atomic E-state index is -3.49. The lowest BCUT2D eigenvalue weighted by atomic mass is 10.1. The van der Waals surface area contributed by atoms with Gasteiger partial charge in [0, 0.05) is 30.5 Å². The first kappa shape index (κ1) is 17.5. The highest BCUT2D eigenvalue weighted by Crippen LogP contribution is 2.18. The molecule has 3 aromatic rings. The summed E-state index contributed by atoms with van der Waals surface area (Å²) in [6.07, 6.45) is 2.01. The standard InChI is InChI=1S/C17H20N4O3S/c1-12(2)17-20-15(24-21-17)8-10-19-25(22,23)11-14-6-3-5-13-7-4-9-18-16(13)14/h3-7,9,12,19H,8,10-11H2,1-2H3. The van der Waals surface area contributed by atoms with Gasteiger partial charge in [0.1, 0.15) is 0 Å². The Kier molecular flexibility index (Phi) is 5.10. The molecule has 1 N–H and O–H groups in total. The molecule has 3 rings (SSSR count). The maximum Gasteiger partial charge on any atom is 0.227 e. The van der Waals surface area contributed by atoms with Crippen molar-refractivity contribution in [3.05, 3.63) is 53.8 Å². The lowest BCUT2D eigenvalue weighted by Crippen LogP contribution is -2.27. The first-order chi connectivity index (χ1) is 11.9. The first-order valence-electron chi connectivity index (χ1n) is 8.07. The van der Waals surface area contributed by atoms with Crippen molar-refractivity contribution in [1.82, 2.24) is 19.8 Å². The summed E-state index contributed by atoms with van der Waals surface area (Å²) in [6, 6.07) is 9.26. The molecule has 0 saturated heterocycles. The molecule has 0 bridgehead atoms. The predicted molar refractivity (Wildman–Crippen MR) is 94.5 cm³/mol. The van der Waals surface area contributed by atoms with Crippen LogP contribution in [0.4, 0.5) is 0 Å². The van der Waals surface area contributed by atoms with Crippen LogP contribution in [0.25, 0.3) is 10.9 Å². The van der Waals surface area contributed by atoms with Crippen molar-refractivity contribution in [2.75, 3.05) is 6.54 Å². The fourth-order valence-electron chi connectivity index (χ4n) is 2.46. The molecule has 0 unspecified atom stereocenters. The largest absolute Gasteiger partial charge is 0.339 e. The van der Waals surface area contributed by atoms with Gasteiger partial charge in [-0.1, -0.05) is 43.3 Å². The Morgan fingerprint density at radius 1 is 1.20 bits per heavy atom. The van der Waals surface area contributed by atoms with Crippen molar-refractivity contribution in [1.29, 1.82) is 0 Å². The molecule has 0 aliphatic heterocycles. The maximum atomic E-state index is 12.3. The van der Waals surface area contributed by atoms with Gasteiger partial charge in [-0.2, -0.15) is 4.98 Å². The van der Waals surface area contributed by atoms with Crippen LogP contribution < -0.4 is 4.72 Å². The van der Waals surface area contributed by atoms with E-state index in [1.54, 1.807) is 12.3 Å². The Labute approximate surface area is 146 Å². The average Bonchev–Trinajstić information content (AvgIpc) is 3.04. The van der Waals surface area contributed by atoms with E-state index in [-0.39, 0.29) is 18.2 Å². The molecule has 25 heavy (non-hydrogen) atoms. The zero-order chi connectivity index (χ0) is 17.9. The number of nitrogens with one attached hydrogen (secondary N) is 1. The van der Waals surface area contributed by atoms with E-state index in [2.05, 4.69) is 19.8 Å². The Morgan fingerprint density at radius 2 is 2.00 bits per heavy atom. The predicted octanol–water partition coefficient (Wildman–Crippen LogP) is 2.40. The van der Waals surface area contributed by atoms with Crippen LogP contribution >= 0.6 is 0 Å². The summed E-state index contributed by atoms with van der Waals surface area (Å²) in [4.78, 5) is 8.52. The minimum Gasteiger partial charge on any atom is -0.339 e. The number of hydrogen-bond donors (Lipinski definition) is 1. The first-order valence-corrected chi connectivity index (χ1v) is 9.72. The summed E-state index contributed by atoms with van der Waals surface area (Å²) >= 11 is 0. The number of para-hydroxylation sites is 1. The zero-order valence-electron chi connectivity index (χ0n) is 14.1. The SMILES string of the molecule is CC(C)c1noc(CCNS(=O)(=O)Cc2cccc3cccnc23)n1. The summed E-state index contributed by atoms with van der Waals surface area (Å²) < 4.78 is 32.4. The van der Waals surface area contributed by atoms with Crippen LogP contribution in [0.1, 0.15) is 37.0 Å². The molecule has 8 heteroatoms. The molecule has 132 valence electrons. The monoisotopic (exact) mass is 360 g/mol. The van der Waals surface area contributed by atoms with Gasteiger partial charge in [-0.3, -0.25) is 4.98 Å². The van der Waals surface area contributed by atoms with Crippen LogP contribution in [0.2, 0.25) is 0 Å². The van der Waals surface area contributed by atoms with Gasteiger partial charge in [0.05, 0.1) is 11.3 Å². The number of nitrogens with zero attached hydrogens (tertiary/aromatic N) is 3. The number of benzene rings is 1. The summed E-state index contributed by atoms with van der Waals surface area (Å²) in [5.41, 5.74) is 1.37. The number of aromatic nitrogens is 3. The van der Waals surface area contributed by atoms with Crippen LogP contribution in [-0.2, 0) is 22.2 Å². The topological polar surface area (TPSA) is 98.0 Å². The summed E-state index contributed by atoms with van der Waals surface area (Å²) in [5.74, 6) is 1.11. The van der Waals surface area contributed by atoms with Crippen molar-refractivity contribution >= 4 is 20.9 Å². The van der Waals surface area contributed by atoms with Gasteiger partial charge in [0.15, 0.2) is 5.82 Å². The maximum absolute atomic E-state index is 12.3. The quantitative estimate of drug-likeness (QED) is 0.695. The Bertz CT molecular complexity index is 961. The van der Waals surface area contributed by atoms with Gasteiger partial charge in [0.2, 0.25) is 15.9 Å². The average molecular weight is 360 g/mol. The van der Waals surface area contributed by atoms with E-state index in [0.29, 0.717) is 29.2 Å². The Balaban J connectivity index is 1.63. The van der Waals surface area contributed by atoms with Crippen molar-refractivity contribution in [2.45, 2.75) is 31.9 Å². The van der Waals surface area contributed by atoms with Crippen molar-refractivity contribution < 1.29 is 12.9 Å². The third-order valence-corrected chi connectivity index (χ3v) is 5.06. The molecule has 1 aromatic carbocycles. The Morgan fingerprint density at radius 3 is 2.76 bits per heavy atom. The van der Waals surface area contributed by atoms with E-state index in [1.807, 2.05) is 38.1 Å². The van der Waals surface area contributed by atoms with Crippen molar-refractivity contribution in [3.8, 4) is 0 Å². The van der Waals surface area contributed by atoms with Crippen LogP contribution in [0.5, 0.6) is 0 Å². The van der Waals surface area contributed by atoms with Crippen molar-refractivity contribution in [3.63, 3.8) is 0 Å². The van der Waals surface area contributed by atoms with E-state index in [0.717, 1.165) is 5.39 Å². The van der Waals surface area contributed by atoms with Crippen LogP contribution in [0.15, 0.2) is 41.1 Å². The molecule has 0 atom stereocenters. The molecule has 7 nitrogen and oxygen atoms in total. The molecular formula is C17H20N4O3S. The second-order valence-electron chi connectivity index (χ2n) is 6.10. The highest BCUT2D eigenvalue weighted by Gasteiger charge is 2.15. The molecule has 0 radical (unpaired) electrons. The van der Waals surface area contributed by atoms with Gasteiger partial charge in [-0.05, 0) is 11.6 Å². The molecule has 0 aliphatic rings. The van der Waals surface area contributed by atoms with Crippen LogP contribution in [-0.4, -0.2) is 30.1 Å². The molecule has 0 saturated carbocycles. The van der Waals surface area contributed by atoms with Crippen molar-refractivity contribution in [2.24, 2.45) is 0 Å².